The smallest absolute Gasteiger partial charge is 0.229 e. The number of anilines is 2. The molecule has 0 radical (unpaired) electrons. The molecule has 2 aromatic carbocycles. The van der Waals surface area contributed by atoms with E-state index in [1.54, 1.807) is 6.33 Å². The molecule has 1 amide bonds. The Morgan fingerprint density at radius 2 is 2.07 bits per heavy atom. The van der Waals surface area contributed by atoms with Gasteiger partial charge in [-0.25, -0.2) is 9.97 Å². The van der Waals surface area contributed by atoms with E-state index in [9.17, 15) is 4.79 Å². The Hall–Kier alpha value is -3.41. The lowest BCUT2D eigenvalue weighted by molar-refractivity contribution is -0.120. The Morgan fingerprint density at radius 3 is 2.97 bits per heavy atom. The number of rotatable bonds is 3. The first-order valence-corrected chi connectivity index (χ1v) is 9.94. The van der Waals surface area contributed by atoms with Crippen LogP contribution in [0.4, 0.5) is 11.5 Å². The van der Waals surface area contributed by atoms with Crippen LogP contribution < -0.4 is 10.2 Å². The van der Waals surface area contributed by atoms with E-state index >= 15 is 0 Å². The van der Waals surface area contributed by atoms with E-state index in [1.807, 2.05) is 55.5 Å². The Balaban J connectivity index is 1.41. The van der Waals surface area contributed by atoms with Gasteiger partial charge in [-0.1, -0.05) is 24.3 Å². The number of benzene rings is 2. The summed E-state index contributed by atoms with van der Waals surface area (Å²) in [6.45, 7) is 3.48. The molecule has 1 aliphatic heterocycles. The molecule has 1 aliphatic rings. The van der Waals surface area contributed by atoms with Crippen molar-refractivity contribution in [2.24, 2.45) is 5.92 Å². The maximum Gasteiger partial charge on any atom is 0.229 e. The van der Waals surface area contributed by atoms with Crippen LogP contribution in [0.15, 0.2) is 59.3 Å². The number of fused-ring (bicyclic) bond motifs is 3. The first-order chi connectivity index (χ1) is 14.2. The van der Waals surface area contributed by atoms with Crippen LogP contribution in [0.5, 0.6) is 0 Å². The Morgan fingerprint density at radius 1 is 1.17 bits per heavy atom. The molecule has 3 heterocycles. The number of hydrogen-bond donors (Lipinski definition) is 1. The monoisotopic (exact) mass is 386 g/mol. The lowest BCUT2D eigenvalue weighted by Crippen LogP contribution is -2.41. The maximum atomic E-state index is 12.9. The highest BCUT2D eigenvalue weighted by Crippen LogP contribution is 2.33. The van der Waals surface area contributed by atoms with E-state index < -0.39 is 0 Å². The van der Waals surface area contributed by atoms with E-state index in [0.29, 0.717) is 12.1 Å². The summed E-state index contributed by atoms with van der Waals surface area (Å²) in [6.07, 6.45) is 3.37. The van der Waals surface area contributed by atoms with Gasteiger partial charge in [0.2, 0.25) is 5.91 Å². The van der Waals surface area contributed by atoms with Crippen molar-refractivity contribution in [1.82, 2.24) is 9.97 Å². The molecule has 0 bridgehead atoms. The lowest BCUT2D eigenvalue weighted by atomic mass is 9.97. The molecule has 0 unspecified atom stereocenters. The van der Waals surface area contributed by atoms with Crippen LogP contribution in [0.25, 0.3) is 22.1 Å². The number of nitrogens with one attached hydrogen (secondary N) is 1. The SMILES string of the molecule is Cc1cccc(NC(=O)[C@@H]2CCCN(c3ncnc4c3oc3ccccc34)C2)c1. The Labute approximate surface area is 168 Å². The van der Waals surface area contributed by atoms with E-state index in [4.69, 9.17) is 4.42 Å². The van der Waals surface area contributed by atoms with Gasteiger partial charge in [-0.05, 0) is 49.6 Å². The van der Waals surface area contributed by atoms with Crippen LogP contribution in [-0.2, 0) is 4.79 Å². The number of nitrogens with zero attached hydrogens (tertiary/aromatic N) is 3. The van der Waals surface area contributed by atoms with Gasteiger partial charge in [0, 0.05) is 24.2 Å². The Kier molecular flexibility index (Phi) is 4.39. The molecule has 1 fully saturated rings. The Bertz CT molecular complexity index is 1200. The summed E-state index contributed by atoms with van der Waals surface area (Å²) >= 11 is 0. The van der Waals surface area contributed by atoms with Gasteiger partial charge < -0.3 is 14.6 Å². The number of carbonyl (C=O) groups is 1. The standard InChI is InChI=1S/C23H22N4O2/c1-15-6-4-8-17(12-15)26-23(28)16-7-5-11-27(13-16)22-21-20(24-14-25-22)18-9-2-3-10-19(18)29-21/h2-4,6,8-10,12,14,16H,5,7,11,13H2,1H3,(H,26,28)/t16-/m1/s1. The molecule has 6 nitrogen and oxygen atoms in total. The van der Waals surface area contributed by atoms with E-state index in [-0.39, 0.29) is 11.8 Å². The van der Waals surface area contributed by atoms with Gasteiger partial charge in [0.15, 0.2) is 11.4 Å². The molecule has 29 heavy (non-hydrogen) atoms. The molecule has 5 rings (SSSR count). The third-order valence-electron chi connectivity index (χ3n) is 5.52. The summed E-state index contributed by atoms with van der Waals surface area (Å²) in [6, 6.07) is 15.8. The van der Waals surface area contributed by atoms with Gasteiger partial charge in [0.1, 0.15) is 17.4 Å². The molecule has 1 saturated heterocycles. The molecular formula is C23H22N4O2. The van der Waals surface area contributed by atoms with Crippen molar-refractivity contribution in [3.63, 3.8) is 0 Å². The van der Waals surface area contributed by atoms with Crippen molar-refractivity contribution >= 4 is 39.5 Å². The zero-order chi connectivity index (χ0) is 19.8. The van der Waals surface area contributed by atoms with Crippen LogP contribution in [0.2, 0.25) is 0 Å². The van der Waals surface area contributed by atoms with Crippen molar-refractivity contribution in [3.8, 4) is 0 Å². The van der Waals surface area contributed by atoms with Gasteiger partial charge >= 0.3 is 0 Å². The summed E-state index contributed by atoms with van der Waals surface area (Å²) < 4.78 is 6.07. The van der Waals surface area contributed by atoms with Crippen LogP contribution in [0.1, 0.15) is 18.4 Å². The fraction of sp³-hybridized carbons (Fsp3) is 0.261. The van der Waals surface area contributed by atoms with Crippen LogP contribution in [-0.4, -0.2) is 29.0 Å². The minimum atomic E-state index is -0.0985. The number of aromatic nitrogens is 2. The van der Waals surface area contributed by atoms with Crippen LogP contribution >= 0.6 is 0 Å². The zero-order valence-electron chi connectivity index (χ0n) is 16.3. The molecule has 0 saturated carbocycles. The molecule has 146 valence electrons. The van der Waals surface area contributed by atoms with Gasteiger partial charge in [0.05, 0.1) is 5.92 Å². The summed E-state index contributed by atoms with van der Waals surface area (Å²) in [5, 5.41) is 4.04. The molecule has 1 atom stereocenters. The van der Waals surface area contributed by atoms with E-state index in [1.165, 1.54) is 0 Å². The zero-order valence-corrected chi connectivity index (χ0v) is 16.3. The summed E-state index contributed by atoms with van der Waals surface area (Å²) in [4.78, 5) is 24.0. The number of furan rings is 1. The largest absolute Gasteiger partial charge is 0.450 e. The predicted molar refractivity (Wildman–Crippen MR) is 114 cm³/mol. The normalized spacial score (nSPS) is 17.0. The number of aryl methyl sites for hydroxylation is 1. The van der Waals surface area contributed by atoms with E-state index in [2.05, 4.69) is 20.2 Å². The number of amides is 1. The fourth-order valence-corrected chi connectivity index (χ4v) is 4.09. The average molecular weight is 386 g/mol. The average Bonchev–Trinajstić information content (AvgIpc) is 3.13. The summed E-state index contributed by atoms with van der Waals surface area (Å²) in [5.41, 5.74) is 4.27. The molecular weight excluding hydrogens is 364 g/mol. The molecule has 0 aliphatic carbocycles. The third-order valence-corrected chi connectivity index (χ3v) is 5.52. The van der Waals surface area contributed by atoms with Crippen molar-refractivity contribution < 1.29 is 9.21 Å². The maximum absolute atomic E-state index is 12.9. The quantitative estimate of drug-likeness (QED) is 0.560. The van der Waals surface area contributed by atoms with Crippen molar-refractivity contribution in [2.75, 3.05) is 23.3 Å². The summed E-state index contributed by atoms with van der Waals surface area (Å²) in [7, 11) is 0. The number of para-hydroxylation sites is 1. The van der Waals surface area contributed by atoms with Gasteiger partial charge in [-0.3, -0.25) is 4.79 Å². The highest BCUT2D eigenvalue weighted by atomic mass is 16.3. The number of carbonyl (C=O) groups excluding carboxylic acids is 1. The van der Waals surface area contributed by atoms with Crippen molar-refractivity contribution in [1.29, 1.82) is 0 Å². The molecule has 6 heteroatoms. The van der Waals surface area contributed by atoms with Gasteiger partial charge in [-0.15, -0.1) is 0 Å². The van der Waals surface area contributed by atoms with Crippen molar-refractivity contribution in [3.05, 3.63) is 60.4 Å². The van der Waals surface area contributed by atoms with E-state index in [0.717, 1.165) is 52.9 Å². The molecule has 0 spiro atoms. The molecule has 1 N–H and O–H groups in total. The van der Waals surface area contributed by atoms with Gasteiger partial charge in [0.25, 0.3) is 0 Å². The second kappa shape index (κ2) is 7.20. The highest BCUT2D eigenvalue weighted by Gasteiger charge is 2.28. The first-order valence-electron chi connectivity index (χ1n) is 9.94. The molecule has 2 aromatic heterocycles. The molecule has 4 aromatic rings. The van der Waals surface area contributed by atoms with Crippen molar-refractivity contribution in [2.45, 2.75) is 19.8 Å². The van der Waals surface area contributed by atoms with Gasteiger partial charge in [-0.2, -0.15) is 0 Å². The van der Waals surface area contributed by atoms with Crippen LogP contribution in [0.3, 0.4) is 0 Å². The minimum absolute atomic E-state index is 0.0511. The number of hydrogen-bond acceptors (Lipinski definition) is 5. The predicted octanol–water partition coefficient (Wildman–Crippen LogP) is 4.54. The highest BCUT2D eigenvalue weighted by molar-refractivity contribution is 6.05. The van der Waals surface area contributed by atoms with Crippen LogP contribution in [0, 0.1) is 12.8 Å². The number of piperidine rings is 1. The topological polar surface area (TPSA) is 71.3 Å². The fourth-order valence-electron chi connectivity index (χ4n) is 4.09. The first kappa shape index (κ1) is 17.7. The minimum Gasteiger partial charge on any atom is -0.450 e. The lowest BCUT2D eigenvalue weighted by Gasteiger charge is -2.32. The summed E-state index contributed by atoms with van der Waals surface area (Å²) in [5.74, 6) is 0.716. The third kappa shape index (κ3) is 3.31. The second-order valence-electron chi connectivity index (χ2n) is 7.62. The second-order valence-corrected chi connectivity index (χ2v) is 7.62.